The molecule has 0 radical (unpaired) electrons. The van der Waals surface area contributed by atoms with Gasteiger partial charge < -0.3 is 14.8 Å². The lowest BCUT2D eigenvalue weighted by Gasteiger charge is -2.38. The first-order valence-corrected chi connectivity index (χ1v) is 7.43. The summed E-state index contributed by atoms with van der Waals surface area (Å²) in [5.74, 6) is -2.07. The third-order valence-corrected chi connectivity index (χ3v) is 6.75. The fourth-order valence-electron chi connectivity index (χ4n) is 2.91. The summed E-state index contributed by atoms with van der Waals surface area (Å²) in [7, 11) is -3.84. The van der Waals surface area contributed by atoms with E-state index in [0.717, 1.165) is 4.90 Å². The molecule has 3 rings (SSSR count). The first kappa shape index (κ1) is 13.0. The van der Waals surface area contributed by atoms with Crippen LogP contribution < -0.4 is 5.11 Å². The highest BCUT2D eigenvalue weighted by molar-refractivity contribution is 7.93. The molecule has 0 N–H and O–H groups in total. The predicted octanol–water partition coefficient (Wildman–Crippen LogP) is -2.86. The molecule has 0 saturated carbocycles. The van der Waals surface area contributed by atoms with Crippen LogP contribution in [0.2, 0.25) is 0 Å². The highest BCUT2D eigenvalue weighted by atomic mass is 32.2. The minimum atomic E-state index is -3.84. The number of carbonyl (C=O) groups excluding carboxylic acids is 2. The summed E-state index contributed by atoms with van der Waals surface area (Å²) in [5.41, 5.74) is 0. The Balaban J connectivity index is 2.10. The molecule has 2 fully saturated rings. The summed E-state index contributed by atoms with van der Waals surface area (Å²) in [5, 5.41) is 17.5. The van der Waals surface area contributed by atoms with Crippen LogP contribution in [-0.4, -0.2) is 56.4 Å². The van der Waals surface area contributed by atoms with Gasteiger partial charge in [-0.05, 0) is 6.92 Å². The summed E-state index contributed by atoms with van der Waals surface area (Å²) in [6, 6.07) is -1.51. The van der Waals surface area contributed by atoms with Crippen molar-refractivity contribution in [3.05, 3.63) is 12.4 Å². The second-order valence-corrected chi connectivity index (χ2v) is 7.71. The number of hydrogen-bond acceptors (Lipinski definition) is 7. The minimum Gasteiger partial charge on any atom is -0.548 e. The van der Waals surface area contributed by atoms with Gasteiger partial charge in [-0.1, -0.05) is 5.21 Å². The molecule has 2 aliphatic heterocycles. The first-order chi connectivity index (χ1) is 9.29. The number of aliphatic carboxylic acids is 1. The van der Waals surface area contributed by atoms with Crippen molar-refractivity contribution >= 4 is 21.7 Å². The molecule has 0 spiro atoms. The van der Waals surface area contributed by atoms with Gasteiger partial charge in [-0.25, -0.2) is 8.42 Å². The van der Waals surface area contributed by atoms with E-state index >= 15 is 0 Å². The molecule has 9 nitrogen and oxygen atoms in total. The summed E-state index contributed by atoms with van der Waals surface area (Å²) >= 11 is 0. The molecular formula is C10H11N4O5S-. The molecule has 20 heavy (non-hydrogen) atoms. The number of fused-ring (bicyclic) bond motifs is 1. The maximum absolute atomic E-state index is 12.5. The standard InChI is InChI=1S/C10H12N4O5S/c1-10(5-13-3-2-11-12-13)8(9(16)17)14-6(15)4-7(14)20(10,18)19/h2-3,7-8H,4-5H2,1H3,(H,16,17)/p-1/t7?,8?,10-/m0/s1. The predicted molar refractivity (Wildman–Crippen MR) is 61.4 cm³/mol. The van der Waals surface area contributed by atoms with Crippen molar-refractivity contribution in [2.45, 2.75) is 36.1 Å². The van der Waals surface area contributed by atoms with E-state index in [1.807, 2.05) is 0 Å². The number of carboxylic acids is 1. The van der Waals surface area contributed by atoms with Crippen molar-refractivity contribution in [2.75, 3.05) is 0 Å². The molecule has 2 aliphatic rings. The summed E-state index contributed by atoms with van der Waals surface area (Å²) in [6.07, 6.45) is 2.61. The van der Waals surface area contributed by atoms with E-state index in [-0.39, 0.29) is 13.0 Å². The molecule has 1 aromatic heterocycles. The van der Waals surface area contributed by atoms with Gasteiger partial charge in [-0.2, -0.15) is 0 Å². The monoisotopic (exact) mass is 299 g/mol. The van der Waals surface area contributed by atoms with Gasteiger partial charge in [0.15, 0.2) is 9.84 Å². The Morgan fingerprint density at radius 2 is 2.30 bits per heavy atom. The van der Waals surface area contributed by atoms with Crippen molar-refractivity contribution in [2.24, 2.45) is 0 Å². The van der Waals surface area contributed by atoms with E-state index in [0.29, 0.717) is 0 Å². The quantitative estimate of drug-likeness (QED) is 0.550. The van der Waals surface area contributed by atoms with Crippen molar-refractivity contribution in [3.63, 3.8) is 0 Å². The average molecular weight is 299 g/mol. The van der Waals surface area contributed by atoms with Gasteiger partial charge in [0.1, 0.15) is 10.1 Å². The Bertz CT molecular complexity index is 685. The van der Waals surface area contributed by atoms with Gasteiger partial charge in [-0.3, -0.25) is 9.48 Å². The first-order valence-electron chi connectivity index (χ1n) is 5.88. The highest BCUT2D eigenvalue weighted by Crippen LogP contribution is 2.46. The summed E-state index contributed by atoms with van der Waals surface area (Å²) in [6.45, 7) is 1.10. The molecule has 3 atom stereocenters. The lowest BCUT2D eigenvalue weighted by Crippen LogP contribution is -2.61. The third-order valence-electron chi connectivity index (χ3n) is 3.98. The number of nitrogens with zero attached hydrogens (tertiary/aromatic N) is 4. The number of rotatable bonds is 3. The number of sulfone groups is 1. The Morgan fingerprint density at radius 3 is 2.80 bits per heavy atom. The van der Waals surface area contributed by atoms with Crippen molar-refractivity contribution in [1.82, 2.24) is 19.9 Å². The molecule has 3 heterocycles. The van der Waals surface area contributed by atoms with Crippen LogP contribution in [0.15, 0.2) is 12.4 Å². The number of carbonyl (C=O) groups is 2. The Labute approximate surface area is 114 Å². The molecule has 1 aromatic rings. The Kier molecular flexibility index (Phi) is 2.46. The zero-order valence-corrected chi connectivity index (χ0v) is 11.3. The van der Waals surface area contributed by atoms with Gasteiger partial charge in [0.2, 0.25) is 5.91 Å². The molecule has 0 aliphatic carbocycles. The third kappa shape index (κ3) is 1.39. The van der Waals surface area contributed by atoms with Crippen molar-refractivity contribution in [3.8, 4) is 0 Å². The number of hydrogen-bond donors (Lipinski definition) is 0. The van der Waals surface area contributed by atoms with Crippen LogP contribution in [0.4, 0.5) is 0 Å². The van der Waals surface area contributed by atoms with Gasteiger partial charge in [0.25, 0.3) is 0 Å². The van der Waals surface area contributed by atoms with Crippen LogP contribution in [0.25, 0.3) is 0 Å². The summed E-state index contributed by atoms with van der Waals surface area (Å²) in [4.78, 5) is 23.8. The van der Waals surface area contributed by atoms with Crippen LogP contribution in [0, 0.1) is 0 Å². The zero-order valence-electron chi connectivity index (χ0n) is 10.5. The average Bonchev–Trinajstić information content (AvgIpc) is 2.87. The number of amides is 1. The molecule has 108 valence electrons. The zero-order chi connectivity index (χ0) is 14.7. The van der Waals surface area contributed by atoms with Crippen LogP contribution >= 0.6 is 0 Å². The topological polar surface area (TPSA) is 125 Å². The van der Waals surface area contributed by atoms with E-state index in [1.54, 1.807) is 0 Å². The highest BCUT2D eigenvalue weighted by Gasteiger charge is 2.68. The molecule has 2 saturated heterocycles. The van der Waals surface area contributed by atoms with E-state index < -0.39 is 37.9 Å². The van der Waals surface area contributed by atoms with Crippen LogP contribution in [0.3, 0.4) is 0 Å². The lowest BCUT2D eigenvalue weighted by atomic mass is 9.96. The fourth-order valence-corrected chi connectivity index (χ4v) is 5.26. The number of β-lactam (4-membered cyclic amide) rings is 1. The van der Waals surface area contributed by atoms with Crippen LogP contribution in [-0.2, 0) is 26.0 Å². The largest absolute Gasteiger partial charge is 0.548 e. The molecule has 10 heteroatoms. The fraction of sp³-hybridized carbons (Fsp3) is 0.600. The smallest absolute Gasteiger partial charge is 0.227 e. The van der Waals surface area contributed by atoms with Gasteiger partial charge in [-0.15, -0.1) is 5.10 Å². The van der Waals surface area contributed by atoms with E-state index in [4.69, 9.17) is 0 Å². The second kappa shape index (κ2) is 3.78. The van der Waals surface area contributed by atoms with Crippen LogP contribution in [0.1, 0.15) is 13.3 Å². The summed E-state index contributed by atoms with van der Waals surface area (Å²) < 4.78 is 24.6. The van der Waals surface area contributed by atoms with Crippen molar-refractivity contribution < 1.29 is 23.1 Å². The molecular weight excluding hydrogens is 288 g/mol. The number of carboxylic acid groups (broad SMARTS) is 1. The Morgan fingerprint density at radius 1 is 1.60 bits per heavy atom. The van der Waals surface area contributed by atoms with E-state index in [2.05, 4.69) is 10.3 Å². The molecule has 1 amide bonds. The maximum Gasteiger partial charge on any atom is 0.227 e. The second-order valence-electron chi connectivity index (χ2n) is 5.14. The Hall–Kier alpha value is -1.97. The SMILES string of the molecule is C[C@]1(Cn2ccnn2)C(C(=O)[O-])N2C(=O)CC2S1(=O)=O. The maximum atomic E-state index is 12.5. The van der Waals surface area contributed by atoms with E-state index in [1.165, 1.54) is 24.0 Å². The van der Waals surface area contributed by atoms with Gasteiger partial charge in [0.05, 0.1) is 31.2 Å². The van der Waals surface area contributed by atoms with Crippen molar-refractivity contribution in [1.29, 1.82) is 0 Å². The molecule has 2 unspecified atom stereocenters. The van der Waals surface area contributed by atoms with Crippen LogP contribution in [0.5, 0.6) is 0 Å². The van der Waals surface area contributed by atoms with Gasteiger partial charge >= 0.3 is 0 Å². The number of aromatic nitrogens is 3. The lowest BCUT2D eigenvalue weighted by molar-refractivity contribution is -0.312. The van der Waals surface area contributed by atoms with Gasteiger partial charge in [0, 0.05) is 6.20 Å². The molecule has 0 bridgehead atoms. The molecule has 0 aromatic carbocycles. The van der Waals surface area contributed by atoms with E-state index in [9.17, 15) is 23.1 Å². The minimum absolute atomic E-state index is 0.181. The normalized spacial score (nSPS) is 34.6.